The van der Waals surface area contributed by atoms with Gasteiger partial charge in [-0.15, -0.1) is 0 Å². The quantitative estimate of drug-likeness (QED) is 0.427. The van der Waals surface area contributed by atoms with Gasteiger partial charge in [-0.2, -0.15) is 0 Å². The highest BCUT2D eigenvalue weighted by atomic mass is 16.5. The Morgan fingerprint density at radius 2 is 1.81 bits per heavy atom. The van der Waals surface area contributed by atoms with Crippen molar-refractivity contribution in [1.82, 2.24) is 9.55 Å². The predicted molar refractivity (Wildman–Crippen MR) is 121 cm³/mol. The molecular formula is C26H25N3O2. The Labute approximate surface area is 181 Å². The maximum Gasteiger partial charge on any atom is 0.228 e. The Kier molecular flexibility index (Phi) is 4.74. The molecule has 0 aliphatic carbocycles. The van der Waals surface area contributed by atoms with Crippen LogP contribution in [-0.2, 0) is 6.54 Å². The van der Waals surface area contributed by atoms with Crippen molar-refractivity contribution in [2.75, 3.05) is 7.11 Å². The molecule has 2 heterocycles. The van der Waals surface area contributed by atoms with E-state index in [0.29, 0.717) is 17.3 Å². The van der Waals surface area contributed by atoms with Crippen molar-refractivity contribution < 1.29 is 9.47 Å². The van der Waals surface area contributed by atoms with E-state index >= 15 is 0 Å². The lowest BCUT2D eigenvalue weighted by Gasteiger charge is -2.30. The first-order chi connectivity index (χ1) is 15.1. The normalized spacial score (nSPS) is 14.8. The lowest BCUT2D eigenvalue weighted by Crippen LogP contribution is -2.31. The van der Waals surface area contributed by atoms with Gasteiger partial charge in [-0.1, -0.05) is 56.3 Å². The number of aromatic nitrogens is 2. The van der Waals surface area contributed by atoms with E-state index < -0.39 is 0 Å². The molecule has 5 heteroatoms. The van der Waals surface area contributed by atoms with E-state index in [9.17, 15) is 0 Å². The van der Waals surface area contributed by atoms with Crippen LogP contribution in [0.5, 0.6) is 17.4 Å². The number of nitrogens with zero attached hydrogens (tertiary/aromatic N) is 2. The summed E-state index contributed by atoms with van der Waals surface area (Å²) in [5, 5.41) is 11.3. The summed E-state index contributed by atoms with van der Waals surface area (Å²) in [4.78, 5) is 4.62. The highest BCUT2D eigenvalue weighted by Gasteiger charge is 2.33. The fourth-order valence-electron chi connectivity index (χ4n) is 4.42. The summed E-state index contributed by atoms with van der Waals surface area (Å²) in [6.45, 7) is 5.02. The summed E-state index contributed by atoms with van der Waals surface area (Å²) in [6.07, 6.45) is 1.72. The molecule has 0 spiro atoms. The number of ether oxygens (including phenoxy) is 2. The second kappa shape index (κ2) is 7.58. The third kappa shape index (κ3) is 3.26. The first-order valence-corrected chi connectivity index (χ1v) is 10.5. The number of hydrogen-bond acceptors (Lipinski definition) is 4. The lowest BCUT2D eigenvalue weighted by atomic mass is 9.81. The minimum absolute atomic E-state index is 0.157. The van der Waals surface area contributed by atoms with Crippen LogP contribution in [0.1, 0.15) is 36.5 Å². The first kappa shape index (κ1) is 19.4. The molecule has 0 amide bonds. The minimum Gasteiger partial charge on any atom is -0.497 e. The minimum atomic E-state index is -0.157. The molecule has 5 rings (SSSR count). The predicted octanol–water partition coefficient (Wildman–Crippen LogP) is 5.47. The van der Waals surface area contributed by atoms with E-state index in [-0.39, 0.29) is 5.92 Å². The fourth-order valence-corrected chi connectivity index (χ4v) is 4.42. The zero-order valence-electron chi connectivity index (χ0n) is 17.9. The number of methoxy groups -OCH3 is 1. The van der Waals surface area contributed by atoms with Crippen LogP contribution < -0.4 is 15.0 Å². The largest absolute Gasteiger partial charge is 0.497 e. The Bertz CT molecular complexity index is 1320. The molecule has 1 aliphatic rings. The van der Waals surface area contributed by atoms with Gasteiger partial charge >= 0.3 is 0 Å². The van der Waals surface area contributed by atoms with Gasteiger partial charge in [0.1, 0.15) is 23.3 Å². The maximum atomic E-state index is 9.04. The molecule has 0 radical (unpaired) electrons. The van der Waals surface area contributed by atoms with Crippen molar-refractivity contribution in [2.24, 2.45) is 5.92 Å². The fraction of sp³-hybridized carbons (Fsp3) is 0.231. The van der Waals surface area contributed by atoms with Gasteiger partial charge in [0.25, 0.3) is 0 Å². The molecule has 0 bridgehead atoms. The van der Waals surface area contributed by atoms with Crippen LogP contribution in [0.4, 0.5) is 0 Å². The lowest BCUT2D eigenvalue weighted by molar-refractivity contribution is 0.412. The van der Waals surface area contributed by atoms with Crippen molar-refractivity contribution in [2.45, 2.75) is 26.3 Å². The van der Waals surface area contributed by atoms with Gasteiger partial charge < -0.3 is 14.0 Å². The smallest absolute Gasteiger partial charge is 0.228 e. The van der Waals surface area contributed by atoms with Gasteiger partial charge in [0.05, 0.1) is 12.7 Å². The molecule has 5 nitrogen and oxygen atoms in total. The molecule has 3 aromatic carbocycles. The molecule has 0 saturated carbocycles. The zero-order valence-corrected chi connectivity index (χ0v) is 17.9. The van der Waals surface area contributed by atoms with E-state index in [2.05, 4.69) is 49.2 Å². The number of nitrogens with one attached hydrogen (secondary N) is 1. The second-order valence-corrected chi connectivity index (χ2v) is 8.36. The summed E-state index contributed by atoms with van der Waals surface area (Å²) >= 11 is 0. The van der Waals surface area contributed by atoms with E-state index in [1.54, 1.807) is 13.4 Å². The topological polar surface area (TPSA) is 60.1 Å². The Balaban J connectivity index is 1.81. The van der Waals surface area contributed by atoms with Crippen molar-refractivity contribution in [3.8, 4) is 17.4 Å². The van der Waals surface area contributed by atoms with Crippen molar-refractivity contribution >= 4 is 10.8 Å². The third-order valence-electron chi connectivity index (χ3n) is 5.81. The second-order valence-electron chi connectivity index (χ2n) is 8.36. The molecule has 1 aliphatic heterocycles. The van der Waals surface area contributed by atoms with Crippen LogP contribution in [0.3, 0.4) is 0 Å². The molecule has 1 unspecified atom stereocenters. The highest BCUT2D eigenvalue weighted by molar-refractivity contribution is 5.90. The monoisotopic (exact) mass is 411 g/mol. The average molecular weight is 412 g/mol. The maximum absolute atomic E-state index is 9.04. The van der Waals surface area contributed by atoms with E-state index in [1.807, 2.05) is 34.9 Å². The average Bonchev–Trinajstić information content (AvgIpc) is 2.79. The molecule has 0 fully saturated rings. The standard InChI is InChI=1S/C26H25N3O2/c1-16(2)14-29-15-28-26-24(25(29)27)22(18-8-11-19(30-3)12-9-18)23-20-7-5-4-6-17(20)10-13-21(23)31-26/h4-13,15-16,22,27H,14H2,1-3H3. The number of rotatable bonds is 4. The van der Waals surface area contributed by atoms with Gasteiger partial charge in [-0.25, -0.2) is 4.98 Å². The summed E-state index contributed by atoms with van der Waals surface area (Å²) < 4.78 is 13.5. The van der Waals surface area contributed by atoms with Crippen LogP contribution in [0.15, 0.2) is 67.0 Å². The summed E-state index contributed by atoms with van der Waals surface area (Å²) in [5.41, 5.74) is 3.41. The van der Waals surface area contributed by atoms with Gasteiger partial charge in [0.2, 0.25) is 5.88 Å². The number of fused-ring (bicyclic) bond motifs is 4. The van der Waals surface area contributed by atoms with Gasteiger partial charge in [0, 0.05) is 18.0 Å². The van der Waals surface area contributed by atoms with Crippen LogP contribution in [0, 0.1) is 11.3 Å². The Morgan fingerprint density at radius 1 is 1.03 bits per heavy atom. The van der Waals surface area contributed by atoms with E-state index in [1.165, 1.54) is 0 Å². The molecular weight excluding hydrogens is 386 g/mol. The summed E-state index contributed by atoms with van der Waals surface area (Å²) in [6, 6.07) is 20.5. The first-order valence-electron chi connectivity index (χ1n) is 10.5. The van der Waals surface area contributed by atoms with Gasteiger partial charge in [-0.05, 0) is 40.5 Å². The summed E-state index contributed by atoms with van der Waals surface area (Å²) in [7, 11) is 1.67. The van der Waals surface area contributed by atoms with Gasteiger partial charge in [-0.3, -0.25) is 5.41 Å². The molecule has 0 saturated heterocycles. The molecule has 1 aromatic heterocycles. The molecule has 1 atom stereocenters. The summed E-state index contributed by atoms with van der Waals surface area (Å²) in [5.74, 6) is 2.36. The Morgan fingerprint density at radius 3 is 2.55 bits per heavy atom. The van der Waals surface area contributed by atoms with Crippen molar-refractivity contribution in [1.29, 1.82) is 5.41 Å². The van der Waals surface area contributed by atoms with Gasteiger partial charge in [0.15, 0.2) is 0 Å². The van der Waals surface area contributed by atoms with Crippen molar-refractivity contribution in [3.05, 3.63) is 89.2 Å². The van der Waals surface area contributed by atoms with E-state index in [0.717, 1.165) is 45.5 Å². The van der Waals surface area contributed by atoms with Crippen LogP contribution in [0.2, 0.25) is 0 Å². The van der Waals surface area contributed by atoms with Crippen LogP contribution in [0.25, 0.3) is 10.8 Å². The van der Waals surface area contributed by atoms with Crippen LogP contribution in [-0.4, -0.2) is 16.7 Å². The number of benzene rings is 3. The highest BCUT2D eigenvalue weighted by Crippen LogP contribution is 2.48. The third-order valence-corrected chi connectivity index (χ3v) is 5.81. The molecule has 156 valence electrons. The van der Waals surface area contributed by atoms with E-state index in [4.69, 9.17) is 14.9 Å². The van der Waals surface area contributed by atoms with Crippen LogP contribution >= 0.6 is 0 Å². The zero-order chi connectivity index (χ0) is 21.5. The number of hydrogen-bond donors (Lipinski definition) is 1. The Hall–Kier alpha value is -3.60. The molecule has 31 heavy (non-hydrogen) atoms. The molecule has 1 N–H and O–H groups in total. The SMILES string of the molecule is COc1ccc(C2c3c(ncn(CC(C)C)c3=N)Oc3ccc4ccccc4c32)cc1. The molecule has 4 aromatic rings. The van der Waals surface area contributed by atoms with Crippen molar-refractivity contribution in [3.63, 3.8) is 0 Å².